The van der Waals surface area contributed by atoms with Gasteiger partial charge in [-0.15, -0.1) is 0 Å². The first-order valence-corrected chi connectivity index (χ1v) is 6.52. The number of hydrogen-bond donors (Lipinski definition) is 1. The Morgan fingerprint density at radius 2 is 1.65 bits per heavy atom. The van der Waals surface area contributed by atoms with Gasteiger partial charge in [-0.25, -0.2) is 13.2 Å². The maximum Gasteiger partial charge on any atom is 0.262 e. The van der Waals surface area contributed by atoms with Crippen LogP contribution < -0.4 is 5.32 Å². The highest BCUT2D eigenvalue weighted by Gasteiger charge is 2.18. The Balaban J connectivity index is 1.82. The number of benzene rings is 2. The van der Waals surface area contributed by atoms with E-state index >= 15 is 0 Å². The van der Waals surface area contributed by atoms with Crippen LogP contribution in [0.1, 0.15) is 10.4 Å². The van der Waals surface area contributed by atoms with Crippen molar-refractivity contribution in [2.45, 2.75) is 0 Å². The summed E-state index contributed by atoms with van der Waals surface area (Å²) >= 11 is 0. The van der Waals surface area contributed by atoms with Crippen molar-refractivity contribution in [3.63, 3.8) is 0 Å². The molecule has 7 heteroatoms. The Labute approximate surface area is 128 Å². The number of carbonyl (C=O) groups excluding carboxylic acids is 1. The lowest BCUT2D eigenvalue weighted by molar-refractivity contribution is 0.101. The molecule has 0 atom stereocenters. The molecule has 0 aliphatic rings. The lowest BCUT2D eigenvalue weighted by atomic mass is 10.1. The van der Waals surface area contributed by atoms with Crippen LogP contribution in [-0.2, 0) is 0 Å². The second-order valence-corrected chi connectivity index (χ2v) is 4.63. The number of rotatable bonds is 3. The topological polar surface area (TPSA) is 55.1 Å². The number of nitrogens with one attached hydrogen (secondary N) is 1. The van der Waals surface area contributed by atoms with Crippen LogP contribution in [0.5, 0.6) is 0 Å². The molecule has 2 aromatic carbocycles. The number of aromatic nitrogens is 1. The van der Waals surface area contributed by atoms with Crippen molar-refractivity contribution >= 4 is 11.7 Å². The van der Waals surface area contributed by atoms with Gasteiger partial charge in [-0.05, 0) is 36.4 Å². The maximum atomic E-state index is 13.5. The average Bonchev–Trinajstić information content (AvgIpc) is 2.96. The molecule has 0 fully saturated rings. The van der Waals surface area contributed by atoms with Crippen molar-refractivity contribution in [2.24, 2.45) is 0 Å². The number of nitrogens with zero attached hydrogens (tertiary/aromatic N) is 1. The number of anilines is 1. The van der Waals surface area contributed by atoms with Crippen LogP contribution in [0.4, 0.5) is 19.0 Å². The fourth-order valence-electron chi connectivity index (χ4n) is 1.98. The molecule has 3 rings (SSSR count). The first-order chi connectivity index (χ1) is 11.0. The third-order valence-corrected chi connectivity index (χ3v) is 3.07. The molecule has 0 saturated carbocycles. The van der Waals surface area contributed by atoms with E-state index in [1.807, 2.05) is 0 Å². The van der Waals surface area contributed by atoms with E-state index in [2.05, 4.69) is 10.5 Å². The average molecular weight is 318 g/mol. The molecule has 0 bridgehead atoms. The van der Waals surface area contributed by atoms with Gasteiger partial charge in [0, 0.05) is 11.6 Å². The van der Waals surface area contributed by atoms with Crippen molar-refractivity contribution in [2.75, 3.05) is 5.32 Å². The summed E-state index contributed by atoms with van der Waals surface area (Å²) in [5.74, 6) is -3.10. The fourth-order valence-corrected chi connectivity index (χ4v) is 1.98. The van der Waals surface area contributed by atoms with Crippen molar-refractivity contribution < 1.29 is 22.5 Å². The van der Waals surface area contributed by atoms with Crippen molar-refractivity contribution in [3.8, 4) is 11.3 Å². The molecule has 0 aliphatic heterocycles. The molecule has 4 nitrogen and oxygen atoms in total. The molecular weight excluding hydrogens is 309 g/mol. The summed E-state index contributed by atoms with van der Waals surface area (Å²) < 4.78 is 44.9. The van der Waals surface area contributed by atoms with Gasteiger partial charge in [0.2, 0.25) is 0 Å². The van der Waals surface area contributed by atoms with E-state index in [0.717, 1.165) is 18.2 Å². The van der Waals surface area contributed by atoms with Crippen LogP contribution in [-0.4, -0.2) is 11.1 Å². The Bertz CT molecular complexity index is 840. The van der Waals surface area contributed by atoms with Crippen molar-refractivity contribution in [1.82, 2.24) is 5.16 Å². The number of hydrogen-bond acceptors (Lipinski definition) is 3. The summed E-state index contributed by atoms with van der Waals surface area (Å²) in [5.41, 5.74) is -0.171. The lowest BCUT2D eigenvalue weighted by Crippen LogP contribution is -2.15. The highest BCUT2D eigenvalue weighted by atomic mass is 19.1. The van der Waals surface area contributed by atoms with Gasteiger partial charge >= 0.3 is 0 Å². The third kappa shape index (κ3) is 3.08. The zero-order valence-electron chi connectivity index (χ0n) is 11.5. The number of carbonyl (C=O) groups is 1. The number of amides is 1. The predicted molar refractivity (Wildman–Crippen MR) is 76.2 cm³/mol. The van der Waals surface area contributed by atoms with Crippen LogP contribution in [0, 0.1) is 17.5 Å². The Hall–Kier alpha value is -3.09. The molecule has 0 unspecified atom stereocenters. The summed E-state index contributed by atoms with van der Waals surface area (Å²) in [7, 11) is 0. The van der Waals surface area contributed by atoms with E-state index in [9.17, 15) is 18.0 Å². The van der Waals surface area contributed by atoms with E-state index in [-0.39, 0.29) is 11.6 Å². The monoisotopic (exact) mass is 318 g/mol. The molecule has 1 N–H and O–H groups in total. The van der Waals surface area contributed by atoms with Gasteiger partial charge in [-0.1, -0.05) is 11.2 Å². The molecule has 116 valence electrons. The van der Waals surface area contributed by atoms with E-state index < -0.39 is 28.9 Å². The molecular formula is C16H9F3N2O2. The van der Waals surface area contributed by atoms with Gasteiger partial charge in [0.15, 0.2) is 11.6 Å². The summed E-state index contributed by atoms with van der Waals surface area (Å²) in [6.45, 7) is 0. The standard InChI is InChI=1S/C16H9F3N2O2/c17-10-6-4-9(5-7-10)13-8-14(21-23-13)20-16(22)15-11(18)2-1-3-12(15)19/h1-8H,(H,20,21,22). The van der Waals surface area contributed by atoms with Crippen LogP contribution in [0.3, 0.4) is 0 Å². The minimum absolute atomic E-state index is 0.0167. The zero-order valence-corrected chi connectivity index (χ0v) is 11.5. The highest BCUT2D eigenvalue weighted by molar-refractivity contribution is 6.04. The summed E-state index contributed by atoms with van der Waals surface area (Å²) in [5, 5.41) is 5.84. The maximum absolute atomic E-state index is 13.5. The normalized spacial score (nSPS) is 10.6. The van der Waals surface area contributed by atoms with Crippen LogP contribution in [0.2, 0.25) is 0 Å². The fraction of sp³-hybridized carbons (Fsp3) is 0. The second-order valence-electron chi connectivity index (χ2n) is 4.63. The largest absolute Gasteiger partial charge is 0.354 e. The Morgan fingerprint density at radius 3 is 2.30 bits per heavy atom. The Kier molecular flexibility index (Phi) is 3.84. The van der Waals surface area contributed by atoms with Gasteiger partial charge < -0.3 is 9.84 Å². The van der Waals surface area contributed by atoms with Crippen LogP contribution in [0.15, 0.2) is 53.1 Å². The van der Waals surface area contributed by atoms with E-state index in [4.69, 9.17) is 4.52 Å². The quantitative estimate of drug-likeness (QED) is 0.794. The van der Waals surface area contributed by atoms with Gasteiger partial charge in [0.1, 0.15) is 23.0 Å². The molecule has 3 aromatic rings. The molecule has 1 amide bonds. The van der Waals surface area contributed by atoms with E-state index in [1.54, 1.807) is 0 Å². The van der Waals surface area contributed by atoms with Gasteiger partial charge in [0.05, 0.1) is 0 Å². The van der Waals surface area contributed by atoms with Gasteiger partial charge in [-0.2, -0.15) is 0 Å². The smallest absolute Gasteiger partial charge is 0.262 e. The van der Waals surface area contributed by atoms with Gasteiger partial charge in [-0.3, -0.25) is 4.79 Å². The third-order valence-electron chi connectivity index (χ3n) is 3.07. The molecule has 0 aliphatic carbocycles. The van der Waals surface area contributed by atoms with Crippen molar-refractivity contribution in [1.29, 1.82) is 0 Å². The lowest BCUT2D eigenvalue weighted by Gasteiger charge is -2.03. The minimum atomic E-state index is -0.987. The SMILES string of the molecule is O=C(Nc1cc(-c2ccc(F)cc2)on1)c1c(F)cccc1F. The van der Waals surface area contributed by atoms with Crippen LogP contribution in [0.25, 0.3) is 11.3 Å². The number of halogens is 3. The highest BCUT2D eigenvalue weighted by Crippen LogP contribution is 2.23. The zero-order chi connectivity index (χ0) is 16.4. The van der Waals surface area contributed by atoms with E-state index in [0.29, 0.717) is 5.56 Å². The van der Waals surface area contributed by atoms with Crippen LogP contribution >= 0.6 is 0 Å². The van der Waals surface area contributed by atoms with Crippen molar-refractivity contribution in [3.05, 3.63) is 71.5 Å². The first kappa shape index (κ1) is 14.8. The second kappa shape index (κ2) is 5.96. The Morgan fingerprint density at radius 1 is 1.00 bits per heavy atom. The van der Waals surface area contributed by atoms with E-state index in [1.165, 1.54) is 30.3 Å². The summed E-state index contributed by atoms with van der Waals surface area (Å²) in [6, 6.07) is 9.90. The predicted octanol–water partition coefficient (Wildman–Crippen LogP) is 4.01. The molecule has 23 heavy (non-hydrogen) atoms. The summed E-state index contributed by atoms with van der Waals surface area (Å²) in [6.07, 6.45) is 0. The van der Waals surface area contributed by atoms with Gasteiger partial charge in [0.25, 0.3) is 5.91 Å². The molecule has 0 saturated heterocycles. The first-order valence-electron chi connectivity index (χ1n) is 6.52. The molecule has 0 spiro atoms. The minimum Gasteiger partial charge on any atom is -0.354 e. The molecule has 1 aromatic heterocycles. The molecule has 1 heterocycles. The molecule has 0 radical (unpaired) electrons. The summed E-state index contributed by atoms with van der Waals surface area (Å²) in [4.78, 5) is 11.9.